The molecule has 4 nitrogen and oxygen atoms in total. The molecule has 1 fully saturated rings. The lowest BCUT2D eigenvalue weighted by molar-refractivity contribution is -0.114. The highest BCUT2D eigenvalue weighted by Gasteiger charge is 2.24. The minimum Gasteiger partial charge on any atom is -0.497 e. The van der Waals surface area contributed by atoms with E-state index in [1.54, 1.807) is 7.11 Å². The highest BCUT2D eigenvalue weighted by Crippen LogP contribution is 2.34. The van der Waals surface area contributed by atoms with Gasteiger partial charge in [0.25, 0.3) is 0 Å². The van der Waals surface area contributed by atoms with Gasteiger partial charge in [0.2, 0.25) is 5.91 Å². The molecule has 0 bridgehead atoms. The summed E-state index contributed by atoms with van der Waals surface area (Å²) >= 11 is 0. The summed E-state index contributed by atoms with van der Waals surface area (Å²) in [6.07, 6.45) is 3.40. The van der Waals surface area contributed by atoms with Gasteiger partial charge in [0.05, 0.1) is 7.11 Å². The van der Waals surface area contributed by atoms with Gasteiger partial charge in [0.15, 0.2) is 0 Å². The van der Waals surface area contributed by atoms with Crippen LogP contribution >= 0.6 is 0 Å². The van der Waals surface area contributed by atoms with Crippen LogP contribution in [-0.4, -0.2) is 19.6 Å². The summed E-state index contributed by atoms with van der Waals surface area (Å²) in [5.74, 6) is 1.19. The highest BCUT2D eigenvalue weighted by atomic mass is 16.5. The van der Waals surface area contributed by atoms with E-state index in [0.717, 1.165) is 24.4 Å². The van der Waals surface area contributed by atoms with Crippen molar-refractivity contribution < 1.29 is 9.53 Å². The van der Waals surface area contributed by atoms with Crippen molar-refractivity contribution in [3.05, 3.63) is 66.1 Å². The molecule has 1 aliphatic rings. The fourth-order valence-corrected chi connectivity index (χ4v) is 3.16. The van der Waals surface area contributed by atoms with Crippen LogP contribution in [0.3, 0.4) is 0 Å². The molecule has 2 atom stereocenters. The number of nitrogens with one attached hydrogen (secondary N) is 2. The van der Waals surface area contributed by atoms with Gasteiger partial charge < -0.3 is 15.4 Å². The van der Waals surface area contributed by atoms with E-state index in [-0.39, 0.29) is 11.9 Å². The van der Waals surface area contributed by atoms with Gasteiger partial charge in [-0.3, -0.25) is 4.79 Å². The summed E-state index contributed by atoms with van der Waals surface area (Å²) in [7, 11) is 1.68. The molecule has 125 valence electrons. The molecule has 24 heavy (non-hydrogen) atoms. The van der Waals surface area contributed by atoms with Crippen LogP contribution < -0.4 is 15.4 Å². The maximum absolute atomic E-state index is 11.3. The van der Waals surface area contributed by atoms with Crippen LogP contribution in [0.2, 0.25) is 0 Å². The van der Waals surface area contributed by atoms with E-state index in [4.69, 9.17) is 4.74 Å². The summed E-state index contributed by atoms with van der Waals surface area (Å²) in [6, 6.07) is 16.5. The number of carbonyl (C=O) groups is 1. The molecular weight excluding hydrogens is 300 g/mol. The fraction of sp³-hybridized carbons (Fsp3) is 0.300. The first-order valence-electron chi connectivity index (χ1n) is 8.25. The van der Waals surface area contributed by atoms with E-state index in [1.807, 2.05) is 24.3 Å². The molecule has 4 heteroatoms. The summed E-state index contributed by atoms with van der Waals surface area (Å²) in [5, 5.41) is 6.41. The van der Waals surface area contributed by atoms with Crippen molar-refractivity contribution in [2.45, 2.75) is 25.3 Å². The Morgan fingerprint density at radius 2 is 1.96 bits per heavy atom. The SMILES string of the molecule is COc1ccc(C2[CH]C(c3cccc(NC(C)=O)c3)CCN2)cc1. The van der Waals surface area contributed by atoms with Gasteiger partial charge in [-0.05, 0) is 60.7 Å². The molecule has 0 aromatic heterocycles. The van der Waals surface area contributed by atoms with E-state index < -0.39 is 0 Å². The van der Waals surface area contributed by atoms with Crippen molar-refractivity contribution in [1.82, 2.24) is 5.32 Å². The van der Waals surface area contributed by atoms with Crippen molar-refractivity contribution in [2.24, 2.45) is 0 Å². The van der Waals surface area contributed by atoms with Gasteiger partial charge in [-0.15, -0.1) is 0 Å². The van der Waals surface area contributed by atoms with Crippen LogP contribution in [-0.2, 0) is 4.79 Å². The Labute approximate surface area is 143 Å². The third kappa shape index (κ3) is 3.95. The Balaban J connectivity index is 1.74. The number of hydrogen-bond acceptors (Lipinski definition) is 3. The second-order valence-corrected chi connectivity index (χ2v) is 6.10. The first-order valence-corrected chi connectivity index (χ1v) is 8.25. The van der Waals surface area contributed by atoms with Gasteiger partial charge >= 0.3 is 0 Å². The number of carbonyl (C=O) groups excluding carboxylic acids is 1. The molecule has 0 saturated carbocycles. The predicted octanol–water partition coefficient (Wildman–Crippen LogP) is 3.68. The number of amides is 1. The fourth-order valence-electron chi connectivity index (χ4n) is 3.16. The molecular formula is C20H23N2O2. The van der Waals surface area contributed by atoms with E-state index >= 15 is 0 Å². The number of ether oxygens (including phenoxy) is 1. The molecule has 0 aliphatic carbocycles. The number of methoxy groups -OCH3 is 1. The Hall–Kier alpha value is -2.33. The average molecular weight is 323 g/mol. The smallest absolute Gasteiger partial charge is 0.221 e. The van der Waals surface area contributed by atoms with E-state index in [1.165, 1.54) is 18.1 Å². The van der Waals surface area contributed by atoms with Crippen molar-refractivity contribution in [2.75, 3.05) is 19.0 Å². The minimum atomic E-state index is -0.0439. The van der Waals surface area contributed by atoms with Crippen LogP contribution in [0.1, 0.15) is 36.4 Å². The Kier molecular flexibility index (Phi) is 5.16. The number of hydrogen-bond donors (Lipinski definition) is 2. The van der Waals surface area contributed by atoms with Crippen molar-refractivity contribution in [3.63, 3.8) is 0 Å². The normalized spacial score (nSPS) is 20.4. The lowest BCUT2D eigenvalue weighted by Gasteiger charge is -2.31. The summed E-state index contributed by atoms with van der Waals surface area (Å²) < 4.78 is 5.23. The van der Waals surface area contributed by atoms with Gasteiger partial charge in [0.1, 0.15) is 5.75 Å². The zero-order valence-electron chi connectivity index (χ0n) is 14.1. The standard InChI is InChI=1S/C20H23N2O2/c1-14(23)22-18-5-3-4-16(12-18)17-10-11-21-20(13-17)15-6-8-19(24-2)9-7-15/h3-9,12-13,17,20-21H,10-11H2,1-2H3,(H,22,23). The van der Waals surface area contributed by atoms with Crippen molar-refractivity contribution in [1.29, 1.82) is 0 Å². The van der Waals surface area contributed by atoms with Crippen LogP contribution in [0.4, 0.5) is 5.69 Å². The van der Waals surface area contributed by atoms with Gasteiger partial charge in [-0.1, -0.05) is 24.3 Å². The average Bonchev–Trinajstić information content (AvgIpc) is 2.62. The molecule has 1 heterocycles. The molecule has 1 saturated heterocycles. The van der Waals surface area contributed by atoms with Crippen LogP contribution in [0.5, 0.6) is 5.75 Å². The number of rotatable bonds is 4. The number of piperidine rings is 1. The van der Waals surface area contributed by atoms with E-state index in [9.17, 15) is 4.79 Å². The third-order valence-electron chi connectivity index (χ3n) is 4.35. The predicted molar refractivity (Wildman–Crippen MR) is 96.1 cm³/mol. The Morgan fingerprint density at radius 1 is 1.17 bits per heavy atom. The maximum atomic E-state index is 11.3. The third-order valence-corrected chi connectivity index (χ3v) is 4.35. The van der Waals surface area contributed by atoms with Crippen LogP contribution in [0, 0.1) is 6.42 Å². The van der Waals surface area contributed by atoms with Gasteiger partial charge in [0, 0.05) is 18.7 Å². The molecule has 0 spiro atoms. The molecule has 2 unspecified atom stereocenters. The van der Waals surface area contributed by atoms with Crippen molar-refractivity contribution in [3.8, 4) is 5.75 Å². The van der Waals surface area contributed by atoms with Gasteiger partial charge in [-0.25, -0.2) is 0 Å². The molecule has 2 N–H and O–H groups in total. The quantitative estimate of drug-likeness (QED) is 0.902. The molecule has 2 aromatic carbocycles. The van der Waals surface area contributed by atoms with Crippen LogP contribution in [0.25, 0.3) is 0 Å². The molecule has 2 aromatic rings. The summed E-state index contributed by atoms with van der Waals surface area (Å²) in [5.41, 5.74) is 3.33. The molecule has 1 aliphatic heterocycles. The van der Waals surface area contributed by atoms with E-state index in [0.29, 0.717) is 5.92 Å². The number of anilines is 1. The largest absolute Gasteiger partial charge is 0.497 e. The second-order valence-electron chi connectivity index (χ2n) is 6.10. The minimum absolute atomic E-state index is 0.0439. The first kappa shape index (κ1) is 16.5. The zero-order valence-corrected chi connectivity index (χ0v) is 14.1. The molecule has 3 rings (SSSR count). The van der Waals surface area contributed by atoms with Crippen molar-refractivity contribution >= 4 is 11.6 Å². The lowest BCUT2D eigenvalue weighted by atomic mass is 9.84. The second kappa shape index (κ2) is 7.49. The monoisotopic (exact) mass is 323 g/mol. The topological polar surface area (TPSA) is 50.4 Å². The zero-order chi connectivity index (χ0) is 16.9. The number of benzene rings is 2. The maximum Gasteiger partial charge on any atom is 0.221 e. The Morgan fingerprint density at radius 3 is 2.67 bits per heavy atom. The highest BCUT2D eigenvalue weighted by molar-refractivity contribution is 5.88. The first-order chi connectivity index (χ1) is 11.7. The molecule has 1 amide bonds. The summed E-state index contributed by atoms with van der Waals surface area (Å²) in [4.78, 5) is 11.3. The Bertz CT molecular complexity index is 697. The van der Waals surface area contributed by atoms with Crippen LogP contribution in [0.15, 0.2) is 48.5 Å². The van der Waals surface area contributed by atoms with E-state index in [2.05, 4.69) is 41.3 Å². The van der Waals surface area contributed by atoms with Gasteiger partial charge in [-0.2, -0.15) is 0 Å². The molecule has 1 radical (unpaired) electrons. The summed E-state index contributed by atoms with van der Waals surface area (Å²) in [6.45, 7) is 2.49. The lowest BCUT2D eigenvalue weighted by Crippen LogP contribution is -2.31.